The summed E-state index contributed by atoms with van der Waals surface area (Å²) < 4.78 is 36.5. The molecule has 1 heterocycles. The van der Waals surface area contributed by atoms with Crippen molar-refractivity contribution in [1.29, 1.82) is 0 Å². The van der Waals surface area contributed by atoms with E-state index >= 15 is 0 Å². The summed E-state index contributed by atoms with van der Waals surface area (Å²) in [7, 11) is -3.62. The van der Waals surface area contributed by atoms with E-state index in [9.17, 15) is 17.6 Å². The van der Waals surface area contributed by atoms with Gasteiger partial charge in [0.25, 0.3) is 0 Å². The van der Waals surface area contributed by atoms with Crippen molar-refractivity contribution in [3.63, 3.8) is 0 Å². The second-order valence-corrected chi connectivity index (χ2v) is 5.80. The first-order valence-corrected chi connectivity index (χ1v) is 6.97. The fourth-order valence-corrected chi connectivity index (χ4v) is 2.03. The smallest absolute Gasteiger partial charge is 0.354 e. The first-order chi connectivity index (χ1) is 8.79. The molecule has 0 unspecified atom stereocenters. The Hall–Kier alpha value is -2.22. The molecular formula is C11H9FN2O4S. The van der Waals surface area contributed by atoms with Gasteiger partial charge in [0, 0.05) is 12.3 Å². The molecule has 0 atom stereocenters. The average Bonchev–Trinajstić information content (AvgIpc) is 2.74. The number of benzene rings is 1. The summed E-state index contributed by atoms with van der Waals surface area (Å²) in [6.45, 7) is 0. The van der Waals surface area contributed by atoms with Crippen molar-refractivity contribution in [3.8, 4) is 5.69 Å². The second kappa shape index (κ2) is 4.47. The molecular weight excluding hydrogens is 275 g/mol. The van der Waals surface area contributed by atoms with Crippen LogP contribution in [0, 0.1) is 5.82 Å². The molecule has 0 spiro atoms. The van der Waals surface area contributed by atoms with Crippen molar-refractivity contribution in [2.24, 2.45) is 0 Å². The van der Waals surface area contributed by atoms with Gasteiger partial charge in [-0.25, -0.2) is 22.3 Å². The fourth-order valence-electron chi connectivity index (χ4n) is 1.47. The summed E-state index contributed by atoms with van der Waals surface area (Å²) in [5.41, 5.74) is -0.0549. The van der Waals surface area contributed by atoms with Crippen LogP contribution in [0.2, 0.25) is 0 Å². The number of hydrogen-bond acceptors (Lipinski definition) is 4. The molecule has 0 radical (unpaired) electrons. The molecule has 0 saturated heterocycles. The molecule has 1 aromatic heterocycles. The van der Waals surface area contributed by atoms with Crippen molar-refractivity contribution < 1.29 is 22.7 Å². The lowest BCUT2D eigenvalue weighted by Crippen LogP contribution is -2.08. The van der Waals surface area contributed by atoms with E-state index in [2.05, 4.69) is 5.10 Å². The maximum atomic E-state index is 12.8. The second-order valence-electron chi connectivity index (χ2n) is 3.83. The zero-order valence-electron chi connectivity index (χ0n) is 9.74. The first-order valence-electron chi connectivity index (χ1n) is 5.08. The molecule has 1 aromatic carbocycles. The van der Waals surface area contributed by atoms with E-state index in [0.717, 1.165) is 29.1 Å². The Labute approximate surface area is 108 Å². The summed E-state index contributed by atoms with van der Waals surface area (Å²) in [5.74, 6) is -1.82. The number of hydrogen-bond donors (Lipinski definition) is 1. The molecule has 0 fully saturated rings. The van der Waals surface area contributed by atoms with Gasteiger partial charge in [-0.3, -0.25) is 0 Å². The molecule has 0 saturated carbocycles. The molecule has 8 heteroatoms. The number of aromatic nitrogens is 2. The van der Waals surface area contributed by atoms with Gasteiger partial charge >= 0.3 is 5.97 Å². The Morgan fingerprint density at radius 3 is 2.37 bits per heavy atom. The monoisotopic (exact) mass is 284 g/mol. The van der Waals surface area contributed by atoms with E-state index < -0.39 is 21.6 Å². The Morgan fingerprint density at radius 1 is 1.32 bits per heavy atom. The maximum Gasteiger partial charge on any atom is 0.354 e. The zero-order valence-corrected chi connectivity index (χ0v) is 10.6. The third-order valence-electron chi connectivity index (χ3n) is 2.36. The summed E-state index contributed by atoms with van der Waals surface area (Å²) in [4.78, 5) is 11.1. The molecule has 0 aliphatic heterocycles. The van der Waals surface area contributed by atoms with Crippen molar-refractivity contribution in [2.45, 2.75) is 5.03 Å². The highest BCUT2D eigenvalue weighted by atomic mass is 32.2. The van der Waals surface area contributed by atoms with Gasteiger partial charge in [-0.15, -0.1) is 0 Å². The predicted molar refractivity (Wildman–Crippen MR) is 63.6 cm³/mol. The number of carboxylic acid groups (broad SMARTS) is 1. The van der Waals surface area contributed by atoms with Crippen molar-refractivity contribution in [2.75, 3.05) is 6.26 Å². The number of carbonyl (C=O) groups is 1. The zero-order chi connectivity index (χ0) is 14.2. The minimum atomic E-state index is -3.62. The van der Waals surface area contributed by atoms with Crippen molar-refractivity contribution >= 4 is 15.8 Å². The number of carboxylic acids is 1. The number of nitrogens with zero attached hydrogens (tertiary/aromatic N) is 2. The van der Waals surface area contributed by atoms with Crippen LogP contribution in [0.3, 0.4) is 0 Å². The van der Waals surface area contributed by atoms with Crippen LogP contribution in [-0.2, 0) is 9.84 Å². The standard InChI is InChI=1S/C11H9FN2O4S/c1-19(17,18)10-6-9(11(15)16)14(13-10)8-4-2-7(12)3-5-8/h2-6H,1H3,(H,15,16). The van der Waals surface area contributed by atoms with Crippen LogP contribution in [-0.4, -0.2) is 35.5 Å². The number of rotatable bonds is 3. The molecule has 0 bridgehead atoms. The largest absolute Gasteiger partial charge is 0.477 e. The highest BCUT2D eigenvalue weighted by Gasteiger charge is 2.20. The van der Waals surface area contributed by atoms with Gasteiger partial charge in [-0.1, -0.05) is 0 Å². The highest BCUT2D eigenvalue weighted by molar-refractivity contribution is 7.90. The van der Waals surface area contributed by atoms with E-state index in [-0.39, 0.29) is 16.4 Å². The SMILES string of the molecule is CS(=O)(=O)c1cc(C(=O)O)n(-c2ccc(F)cc2)n1. The van der Waals surface area contributed by atoms with Gasteiger partial charge in [-0.05, 0) is 24.3 Å². The van der Waals surface area contributed by atoms with Crippen molar-refractivity contribution in [3.05, 3.63) is 41.8 Å². The van der Waals surface area contributed by atoms with Gasteiger partial charge < -0.3 is 5.11 Å². The van der Waals surface area contributed by atoms with Crippen LogP contribution in [0.15, 0.2) is 35.4 Å². The van der Waals surface area contributed by atoms with Gasteiger partial charge in [0.2, 0.25) is 0 Å². The minimum Gasteiger partial charge on any atom is -0.477 e. The average molecular weight is 284 g/mol. The lowest BCUT2D eigenvalue weighted by atomic mass is 10.3. The molecule has 0 amide bonds. The molecule has 0 aliphatic rings. The van der Waals surface area contributed by atoms with Crippen molar-refractivity contribution in [1.82, 2.24) is 9.78 Å². The normalized spacial score (nSPS) is 11.5. The molecule has 2 rings (SSSR count). The number of sulfone groups is 1. The first kappa shape index (κ1) is 13.2. The summed E-state index contributed by atoms with van der Waals surface area (Å²) in [6, 6.07) is 5.83. The summed E-state index contributed by atoms with van der Waals surface area (Å²) >= 11 is 0. The molecule has 6 nitrogen and oxygen atoms in total. The lowest BCUT2D eigenvalue weighted by Gasteiger charge is -2.03. The van der Waals surface area contributed by atoms with Crippen LogP contribution < -0.4 is 0 Å². The van der Waals surface area contributed by atoms with E-state index in [1.807, 2.05) is 0 Å². The molecule has 100 valence electrons. The Morgan fingerprint density at radius 2 is 1.89 bits per heavy atom. The van der Waals surface area contributed by atoms with Crippen LogP contribution >= 0.6 is 0 Å². The van der Waals surface area contributed by atoms with Gasteiger partial charge in [0.05, 0.1) is 5.69 Å². The lowest BCUT2D eigenvalue weighted by molar-refractivity contribution is 0.0687. The van der Waals surface area contributed by atoms with Crippen LogP contribution in [0.1, 0.15) is 10.5 Å². The Balaban J connectivity index is 2.65. The maximum absolute atomic E-state index is 12.8. The fraction of sp³-hybridized carbons (Fsp3) is 0.0909. The molecule has 2 aromatic rings. The topological polar surface area (TPSA) is 89.3 Å². The third-order valence-corrected chi connectivity index (χ3v) is 3.32. The van der Waals surface area contributed by atoms with E-state index in [1.165, 1.54) is 12.1 Å². The quantitative estimate of drug-likeness (QED) is 0.912. The minimum absolute atomic E-state index is 0.258. The Kier molecular flexibility index (Phi) is 3.11. The van der Waals surface area contributed by atoms with Crippen LogP contribution in [0.5, 0.6) is 0 Å². The predicted octanol–water partition coefficient (Wildman–Crippen LogP) is 1.11. The molecule has 1 N–H and O–H groups in total. The van der Waals surface area contributed by atoms with Crippen LogP contribution in [0.25, 0.3) is 5.69 Å². The van der Waals surface area contributed by atoms with E-state index in [4.69, 9.17) is 5.11 Å². The number of halogens is 1. The molecule has 19 heavy (non-hydrogen) atoms. The third kappa shape index (κ3) is 2.63. The highest BCUT2D eigenvalue weighted by Crippen LogP contribution is 2.16. The van der Waals surface area contributed by atoms with Crippen LogP contribution in [0.4, 0.5) is 4.39 Å². The summed E-state index contributed by atoms with van der Waals surface area (Å²) in [5, 5.41) is 12.4. The number of aromatic carboxylic acids is 1. The summed E-state index contributed by atoms with van der Waals surface area (Å²) in [6.07, 6.45) is 0.927. The molecule has 0 aliphatic carbocycles. The van der Waals surface area contributed by atoms with Gasteiger partial charge in [0.1, 0.15) is 5.82 Å². The van der Waals surface area contributed by atoms with E-state index in [1.54, 1.807) is 0 Å². The van der Waals surface area contributed by atoms with Gasteiger partial charge in [0.15, 0.2) is 20.6 Å². The van der Waals surface area contributed by atoms with Gasteiger partial charge in [-0.2, -0.15) is 5.10 Å². The Bertz CT molecular complexity index is 735. The van der Waals surface area contributed by atoms with E-state index in [0.29, 0.717) is 0 Å².